The van der Waals surface area contributed by atoms with E-state index in [0.29, 0.717) is 24.9 Å². The Morgan fingerprint density at radius 2 is 2.15 bits per heavy atom. The van der Waals surface area contributed by atoms with Crippen LogP contribution in [0.1, 0.15) is 31.0 Å². The molecule has 0 spiro atoms. The van der Waals surface area contributed by atoms with Gasteiger partial charge >= 0.3 is 0 Å². The Labute approximate surface area is 119 Å². The second-order valence-corrected chi connectivity index (χ2v) is 5.02. The molecule has 5 heteroatoms. The van der Waals surface area contributed by atoms with Gasteiger partial charge in [-0.05, 0) is 23.6 Å². The highest BCUT2D eigenvalue weighted by atomic mass is 16.5. The molecule has 108 valence electrons. The van der Waals surface area contributed by atoms with Crippen molar-refractivity contribution >= 4 is 5.82 Å². The Kier molecular flexibility index (Phi) is 4.63. The van der Waals surface area contributed by atoms with Crippen molar-refractivity contribution in [3.05, 3.63) is 41.6 Å². The first-order chi connectivity index (χ1) is 9.60. The lowest BCUT2D eigenvalue weighted by Gasteiger charge is -2.09. The average Bonchev–Trinajstić information content (AvgIpc) is 2.78. The first kappa shape index (κ1) is 14.4. The van der Waals surface area contributed by atoms with Crippen LogP contribution in [0.15, 0.2) is 30.3 Å². The van der Waals surface area contributed by atoms with Gasteiger partial charge in [0, 0.05) is 6.07 Å². The number of benzene rings is 1. The fraction of sp³-hybridized carbons (Fsp3) is 0.400. The number of ether oxygens (including phenoxy) is 1. The lowest BCUT2D eigenvalue weighted by molar-refractivity contribution is 0.267. The molecule has 20 heavy (non-hydrogen) atoms. The van der Waals surface area contributed by atoms with Crippen molar-refractivity contribution in [3.63, 3.8) is 0 Å². The maximum atomic E-state index is 8.90. The van der Waals surface area contributed by atoms with Crippen LogP contribution >= 0.6 is 0 Å². The monoisotopic (exact) mass is 275 g/mol. The van der Waals surface area contributed by atoms with Crippen LogP contribution in [0.2, 0.25) is 0 Å². The van der Waals surface area contributed by atoms with E-state index in [2.05, 4.69) is 25.0 Å². The van der Waals surface area contributed by atoms with Crippen LogP contribution in [0.5, 0.6) is 5.75 Å². The number of hydrogen-bond donors (Lipinski definition) is 2. The summed E-state index contributed by atoms with van der Waals surface area (Å²) in [6, 6.07) is 9.82. The van der Waals surface area contributed by atoms with Gasteiger partial charge in [0.2, 0.25) is 0 Å². The largest absolute Gasteiger partial charge is 0.487 e. The topological polar surface area (TPSA) is 73.3 Å². The van der Waals surface area contributed by atoms with Crippen molar-refractivity contribution in [1.82, 2.24) is 9.78 Å². The highest BCUT2D eigenvalue weighted by Gasteiger charge is 2.06. The fourth-order valence-corrected chi connectivity index (χ4v) is 1.95. The van der Waals surface area contributed by atoms with Gasteiger partial charge in [0.15, 0.2) is 0 Å². The summed E-state index contributed by atoms with van der Waals surface area (Å²) in [5.74, 6) is 1.83. The van der Waals surface area contributed by atoms with Gasteiger partial charge in [-0.3, -0.25) is 0 Å². The Balaban J connectivity index is 2.01. The second-order valence-electron chi connectivity index (χ2n) is 5.02. The second kappa shape index (κ2) is 6.43. The zero-order chi connectivity index (χ0) is 14.5. The van der Waals surface area contributed by atoms with Gasteiger partial charge in [-0.1, -0.05) is 26.0 Å². The van der Waals surface area contributed by atoms with Crippen LogP contribution in [0.4, 0.5) is 5.82 Å². The third-order valence-corrected chi connectivity index (χ3v) is 3.08. The first-order valence-electron chi connectivity index (χ1n) is 6.76. The predicted molar refractivity (Wildman–Crippen MR) is 78.6 cm³/mol. The number of anilines is 1. The summed E-state index contributed by atoms with van der Waals surface area (Å²) >= 11 is 0. The minimum atomic E-state index is 0.0165. The molecule has 0 aliphatic carbocycles. The highest BCUT2D eigenvalue weighted by Crippen LogP contribution is 2.21. The van der Waals surface area contributed by atoms with Crippen LogP contribution in [-0.2, 0) is 13.2 Å². The molecule has 2 rings (SSSR count). The van der Waals surface area contributed by atoms with Gasteiger partial charge < -0.3 is 15.6 Å². The van der Waals surface area contributed by atoms with E-state index < -0.39 is 0 Å². The van der Waals surface area contributed by atoms with E-state index in [1.54, 1.807) is 10.7 Å². The molecule has 0 saturated heterocycles. The molecule has 0 bridgehead atoms. The number of aromatic nitrogens is 2. The van der Waals surface area contributed by atoms with E-state index in [0.717, 1.165) is 11.4 Å². The minimum absolute atomic E-state index is 0.0165. The van der Waals surface area contributed by atoms with E-state index in [-0.39, 0.29) is 6.61 Å². The average molecular weight is 275 g/mol. The molecule has 0 saturated carbocycles. The van der Waals surface area contributed by atoms with Gasteiger partial charge in [0.25, 0.3) is 0 Å². The van der Waals surface area contributed by atoms with Gasteiger partial charge in [0.1, 0.15) is 23.9 Å². The first-order valence-corrected chi connectivity index (χ1v) is 6.76. The molecule has 0 radical (unpaired) electrons. The molecule has 1 heterocycles. The smallest absolute Gasteiger partial charge is 0.132 e. The maximum Gasteiger partial charge on any atom is 0.132 e. The van der Waals surface area contributed by atoms with E-state index in [9.17, 15) is 0 Å². The van der Waals surface area contributed by atoms with Crippen molar-refractivity contribution in [3.8, 4) is 5.75 Å². The summed E-state index contributed by atoms with van der Waals surface area (Å²) in [5.41, 5.74) is 7.79. The van der Waals surface area contributed by atoms with E-state index >= 15 is 0 Å². The molecule has 0 aliphatic heterocycles. The van der Waals surface area contributed by atoms with Gasteiger partial charge in [-0.25, -0.2) is 4.68 Å². The summed E-state index contributed by atoms with van der Waals surface area (Å²) < 4.78 is 7.31. The van der Waals surface area contributed by atoms with Gasteiger partial charge in [-0.15, -0.1) is 0 Å². The fourth-order valence-electron chi connectivity index (χ4n) is 1.95. The van der Waals surface area contributed by atoms with Gasteiger partial charge in [-0.2, -0.15) is 5.10 Å². The molecule has 0 aliphatic rings. The van der Waals surface area contributed by atoms with Gasteiger partial charge in [0.05, 0.1) is 13.2 Å². The van der Waals surface area contributed by atoms with Crippen molar-refractivity contribution in [1.29, 1.82) is 0 Å². The van der Waals surface area contributed by atoms with Crippen molar-refractivity contribution in [2.24, 2.45) is 0 Å². The molecule has 1 aromatic heterocycles. The van der Waals surface area contributed by atoms with Crippen molar-refractivity contribution in [2.75, 3.05) is 12.3 Å². The minimum Gasteiger partial charge on any atom is -0.487 e. The zero-order valence-corrected chi connectivity index (χ0v) is 11.9. The standard InChI is InChI=1S/C15H21N3O2/c1-11(2)12-4-3-5-14(8-12)20-10-13-9-15(16)18(17-13)6-7-19/h3-5,8-9,11,19H,6-7,10,16H2,1-2H3. The van der Waals surface area contributed by atoms with E-state index in [1.807, 2.05) is 18.2 Å². The SMILES string of the molecule is CC(C)c1cccc(OCc2cc(N)n(CCO)n2)c1. The predicted octanol–water partition coefficient (Wildman–Crippen LogP) is 2.16. The number of nitrogen functional groups attached to an aromatic ring is 1. The zero-order valence-electron chi connectivity index (χ0n) is 11.9. The molecule has 0 unspecified atom stereocenters. The normalized spacial score (nSPS) is 11.0. The summed E-state index contributed by atoms with van der Waals surface area (Å²) in [4.78, 5) is 0. The number of hydrogen-bond acceptors (Lipinski definition) is 4. The number of aliphatic hydroxyl groups is 1. The maximum absolute atomic E-state index is 8.90. The molecule has 3 N–H and O–H groups in total. The van der Waals surface area contributed by atoms with Crippen LogP contribution in [0, 0.1) is 0 Å². The molecule has 0 fully saturated rings. The lowest BCUT2D eigenvalue weighted by Crippen LogP contribution is -2.08. The molecule has 0 atom stereocenters. The lowest BCUT2D eigenvalue weighted by atomic mass is 10.0. The van der Waals surface area contributed by atoms with Crippen LogP contribution in [0.3, 0.4) is 0 Å². The summed E-state index contributed by atoms with van der Waals surface area (Å²) in [6.45, 7) is 5.08. The van der Waals surface area contributed by atoms with E-state index in [4.69, 9.17) is 15.6 Å². The number of nitrogens with zero attached hydrogens (tertiary/aromatic N) is 2. The van der Waals surface area contributed by atoms with Crippen LogP contribution < -0.4 is 10.5 Å². The Hall–Kier alpha value is -2.01. The van der Waals surface area contributed by atoms with Crippen LogP contribution in [-0.4, -0.2) is 21.5 Å². The summed E-state index contributed by atoms with van der Waals surface area (Å²) in [7, 11) is 0. The number of rotatable bonds is 6. The number of nitrogens with two attached hydrogens (primary N) is 1. The molecule has 5 nitrogen and oxygen atoms in total. The molecule has 2 aromatic rings. The molecule has 0 amide bonds. The third-order valence-electron chi connectivity index (χ3n) is 3.08. The summed E-state index contributed by atoms with van der Waals surface area (Å²) in [6.07, 6.45) is 0. The van der Waals surface area contributed by atoms with Crippen molar-refractivity contribution < 1.29 is 9.84 Å². The number of aliphatic hydroxyl groups excluding tert-OH is 1. The quantitative estimate of drug-likeness (QED) is 0.847. The van der Waals surface area contributed by atoms with E-state index in [1.165, 1.54) is 5.56 Å². The highest BCUT2D eigenvalue weighted by molar-refractivity contribution is 5.32. The Morgan fingerprint density at radius 3 is 2.85 bits per heavy atom. The molecular weight excluding hydrogens is 254 g/mol. The summed E-state index contributed by atoms with van der Waals surface area (Å²) in [5, 5.41) is 13.2. The molecule has 1 aromatic carbocycles. The molecular formula is C15H21N3O2. The Morgan fingerprint density at radius 1 is 1.35 bits per heavy atom. The Bertz CT molecular complexity index is 564. The third kappa shape index (κ3) is 3.51. The van der Waals surface area contributed by atoms with Crippen LogP contribution in [0.25, 0.3) is 0 Å². The van der Waals surface area contributed by atoms with Crippen molar-refractivity contribution in [2.45, 2.75) is 32.9 Å².